The van der Waals surface area contributed by atoms with Crippen molar-refractivity contribution in [2.45, 2.75) is 38.6 Å². The van der Waals surface area contributed by atoms with E-state index in [1.165, 1.54) is 12.3 Å². The number of aliphatic carboxylic acids is 1. The molecule has 2 N–H and O–H groups in total. The molecule has 18 heavy (non-hydrogen) atoms. The van der Waals surface area contributed by atoms with Crippen molar-refractivity contribution in [1.29, 1.82) is 0 Å². The molecule has 2 unspecified atom stereocenters. The molecule has 98 valence electrons. The normalized spacial score (nSPS) is 27.7. The third-order valence-corrected chi connectivity index (χ3v) is 3.67. The Hall–Kier alpha value is -1.85. The fourth-order valence-corrected chi connectivity index (χ4v) is 2.38. The standard InChI is InChI=1S/C12H16N2O4/c1-12(11(16)17)6-3-2-4-9(12)13-10(15)8-5-7-18-14-8/h5,7,9H,2-4,6H2,1H3,(H,13,15)(H,16,17). The molecule has 1 fully saturated rings. The van der Waals surface area contributed by atoms with E-state index in [0.29, 0.717) is 12.8 Å². The van der Waals surface area contributed by atoms with Crippen molar-refractivity contribution in [3.05, 3.63) is 18.0 Å². The molecule has 1 aromatic rings. The van der Waals surface area contributed by atoms with Crippen LogP contribution in [0.15, 0.2) is 16.9 Å². The van der Waals surface area contributed by atoms with Gasteiger partial charge in [-0.1, -0.05) is 18.0 Å². The molecule has 0 bridgehead atoms. The Bertz CT molecular complexity index is 443. The number of nitrogens with one attached hydrogen (secondary N) is 1. The SMILES string of the molecule is CC1(C(=O)O)CCCCC1NC(=O)c1ccon1. The summed E-state index contributed by atoms with van der Waals surface area (Å²) in [5.74, 6) is -1.25. The van der Waals surface area contributed by atoms with E-state index in [-0.39, 0.29) is 17.6 Å². The van der Waals surface area contributed by atoms with E-state index in [2.05, 4.69) is 15.0 Å². The first kappa shape index (κ1) is 12.6. The van der Waals surface area contributed by atoms with Gasteiger partial charge in [-0.05, 0) is 19.8 Å². The minimum Gasteiger partial charge on any atom is -0.481 e. The average Bonchev–Trinajstić information content (AvgIpc) is 2.85. The average molecular weight is 252 g/mol. The highest BCUT2D eigenvalue weighted by Gasteiger charge is 2.44. The molecule has 2 rings (SSSR count). The number of hydrogen-bond donors (Lipinski definition) is 2. The van der Waals surface area contributed by atoms with E-state index in [1.807, 2.05) is 0 Å². The van der Waals surface area contributed by atoms with Crippen LogP contribution in [0.3, 0.4) is 0 Å². The van der Waals surface area contributed by atoms with Gasteiger partial charge >= 0.3 is 5.97 Å². The van der Waals surface area contributed by atoms with Crippen LogP contribution in [0.25, 0.3) is 0 Å². The van der Waals surface area contributed by atoms with Crippen molar-refractivity contribution in [3.8, 4) is 0 Å². The Morgan fingerprint density at radius 2 is 2.33 bits per heavy atom. The van der Waals surface area contributed by atoms with Crippen molar-refractivity contribution < 1.29 is 19.2 Å². The summed E-state index contributed by atoms with van der Waals surface area (Å²) >= 11 is 0. The van der Waals surface area contributed by atoms with Crippen LogP contribution < -0.4 is 5.32 Å². The van der Waals surface area contributed by atoms with Gasteiger partial charge < -0.3 is 14.9 Å². The predicted molar refractivity (Wildman–Crippen MR) is 62.0 cm³/mol. The summed E-state index contributed by atoms with van der Waals surface area (Å²) in [6.07, 6.45) is 4.36. The lowest BCUT2D eigenvalue weighted by molar-refractivity contribution is -0.151. The lowest BCUT2D eigenvalue weighted by Gasteiger charge is -2.38. The zero-order chi connectivity index (χ0) is 13.2. The van der Waals surface area contributed by atoms with Crippen LogP contribution in [-0.4, -0.2) is 28.2 Å². The van der Waals surface area contributed by atoms with Gasteiger partial charge in [0.1, 0.15) is 6.26 Å². The minimum absolute atomic E-state index is 0.174. The number of carbonyl (C=O) groups is 2. The number of carboxylic acid groups (broad SMARTS) is 1. The summed E-state index contributed by atoms with van der Waals surface area (Å²) in [6.45, 7) is 1.68. The number of carbonyl (C=O) groups excluding carboxylic acids is 1. The summed E-state index contributed by atoms with van der Waals surface area (Å²) in [7, 11) is 0. The van der Waals surface area contributed by atoms with E-state index in [4.69, 9.17) is 0 Å². The largest absolute Gasteiger partial charge is 0.481 e. The van der Waals surface area contributed by atoms with Crippen LogP contribution in [0.4, 0.5) is 0 Å². The third-order valence-electron chi connectivity index (χ3n) is 3.67. The fourth-order valence-electron chi connectivity index (χ4n) is 2.38. The van der Waals surface area contributed by atoms with E-state index >= 15 is 0 Å². The third kappa shape index (κ3) is 2.23. The second kappa shape index (κ2) is 4.80. The highest BCUT2D eigenvalue weighted by atomic mass is 16.5. The quantitative estimate of drug-likeness (QED) is 0.849. The number of amides is 1. The Morgan fingerprint density at radius 3 is 2.94 bits per heavy atom. The number of nitrogens with zero attached hydrogens (tertiary/aromatic N) is 1. The van der Waals surface area contributed by atoms with Crippen molar-refractivity contribution in [3.63, 3.8) is 0 Å². The van der Waals surface area contributed by atoms with Crippen molar-refractivity contribution in [1.82, 2.24) is 10.5 Å². The molecule has 0 spiro atoms. The van der Waals surface area contributed by atoms with Crippen molar-refractivity contribution in [2.75, 3.05) is 0 Å². The van der Waals surface area contributed by atoms with Crippen LogP contribution >= 0.6 is 0 Å². The second-order valence-corrected chi connectivity index (χ2v) is 4.88. The predicted octanol–water partition coefficient (Wildman–Crippen LogP) is 1.44. The van der Waals surface area contributed by atoms with Crippen LogP contribution in [0.1, 0.15) is 43.1 Å². The molecular weight excluding hydrogens is 236 g/mol. The van der Waals surface area contributed by atoms with Crippen molar-refractivity contribution in [2.24, 2.45) is 5.41 Å². The van der Waals surface area contributed by atoms with E-state index in [0.717, 1.165) is 12.8 Å². The first-order chi connectivity index (χ1) is 8.54. The molecule has 1 amide bonds. The summed E-state index contributed by atoms with van der Waals surface area (Å²) in [5.41, 5.74) is -0.731. The van der Waals surface area contributed by atoms with Crippen LogP contribution in [0.2, 0.25) is 0 Å². The molecule has 1 aliphatic carbocycles. The molecule has 1 aliphatic rings. The summed E-state index contributed by atoms with van der Waals surface area (Å²) in [6, 6.07) is 1.09. The Morgan fingerprint density at radius 1 is 1.56 bits per heavy atom. The van der Waals surface area contributed by atoms with Crippen LogP contribution in [0, 0.1) is 5.41 Å². The van der Waals surface area contributed by atoms with Gasteiger partial charge in [0, 0.05) is 12.1 Å². The molecule has 1 heterocycles. The Balaban J connectivity index is 2.11. The Kier molecular flexibility index (Phi) is 3.36. The van der Waals surface area contributed by atoms with Crippen molar-refractivity contribution >= 4 is 11.9 Å². The zero-order valence-electron chi connectivity index (χ0n) is 10.2. The van der Waals surface area contributed by atoms with Gasteiger partial charge in [0.05, 0.1) is 5.41 Å². The fraction of sp³-hybridized carbons (Fsp3) is 0.583. The summed E-state index contributed by atoms with van der Waals surface area (Å²) < 4.78 is 4.60. The molecular formula is C12H16N2O4. The number of rotatable bonds is 3. The number of hydrogen-bond acceptors (Lipinski definition) is 4. The molecule has 1 aromatic heterocycles. The smallest absolute Gasteiger partial charge is 0.311 e. The first-order valence-corrected chi connectivity index (χ1v) is 5.98. The monoisotopic (exact) mass is 252 g/mol. The lowest BCUT2D eigenvalue weighted by atomic mass is 9.71. The van der Waals surface area contributed by atoms with Gasteiger partial charge in [0.2, 0.25) is 0 Å². The van der Waals surface area contributed by atoms with Gasteiger partial charge in [-0.15, -0.1) is 0 Å². The maximum atomic E-state index is 11.9. The zero-order valence-corrected chi connectivity index (χ0v) is 10.2. The highest BCUT2D eigenvalue weighted by molar-refractivity contribution is 5.92. The van der Waals surface area contributed by atoms with Gasteiger partial charge in [-0.3, -0.25) is 9.59 Å². The van der Waals surface area contributed by atoms with Gasteiger partial charge in [-0.25, -0.2) is 0 Å². The highest BCUT2D eigenvalue weighted by Crippen LogP contribution is 2.36. The molecule has 0 saturated heterocycles. The molecule has 6 heteroatoms. The van der Waals surface area contributed by atoms with Gasteiger partial charge in [0.25, 0.3) is 5.91 Å². The molecule has 0 radical (unpaired) electrons. The van der Waals surface area contributed by atoms with Gasteiger partial charge in [0.15, 0.2) is 5.69 Å². The lowest BCUT2D eigenvalue weighted by Crippen LogP contribution is -2.52. The summed E-state index contributed by atoms with van der Waals surface area (Å²) in [5, 5.41) is 15.6. The Labute approximate surface area is 104 Å². The minimum atomic E-state index is -0.905. The topological polar surface area (TPSA) is 92.4 Å². The maximum Gasteiger partial charge on any atom is 0.311 e. The van der Waals surface area contributed by atoms with Crippen LogP contribution in [0.5, 0.6) is 0 Å². The van der Waals surface area contributed by atoms with Crippen LogP contribution in [-0.2, 0) is 4.79 Å². The first-order valence-electron chi connectivity index (χ1n) is 5.98. The van der Waals surface area contributed by atoms with E-state index in [1.54, 1.807) is 6.92 Å². The number of carboxylic acids is 1. The molecule has 1 saturated carbocycles. The molecule has 2 atom stereocenters. The maximum absolute atomic E-state index is 11.9. The summed E-state index contributed by atoms with van der Waals surface area (Å²) in [4.78, 5) is 23.2. The molecule has 6 nitrogen and oxygen atoms in total. The van der Waals surface area contributed by atoms with E-state index < -0.39 is 11.4 Å². The second-order valence-electron chi connectivity index (χ2n) is 4.88. The van der Waals surface area contributed by atoms with E-state index in [9.17, 15) is 14.7 Å². The molecule has 0 aliphatic heterocycles. The molecule has 0 aromatic carbocycles. The van der Waals surface area contributed by atoms with Gasteiger partial charge in [-0.2, -0.15) is 0 Å². The number of aromatic nitrogens is 1.